The molecule has 2 N–H and O–H groups in total. The molecule has 0 spiro atoms. The van der Waals surface area contributed by atoms with Gasteiger partial charge in [0.2, 0.25) is 0 Å². The van der Waals surface area contributed by atoms with Crippen molar-refractivity contribution in [3.8, 4) is 11.4 Å². The van der Waals surface area contributed by atoms with Crippen LogP contribution in [-0.2, 0) is 11.8 Å². The zero-order valence-electron chi connectivity index (χ0n) is 25.7. The molecule has 0 aliphatic rings. The minimum Gasteiger partial charge on any atom is -0.491 e. The zero-order chi connectivity index (χ0) is 31.5. The van der Waals surface area contributed by atoms with Crippen molar-refractivity contribution in [2.24, 2.45) is 13.0 Å². The molecule has 0 radical (unpaired) electrons. The van der Waals surface area contributed by atoms with Crippen LogP contribution in [-0.4, -0.2) is 60.7 Å². The summed E-state index contributed by atoms with van der Waals surface area (Å²) in [6, 6.07) is 18.4. The van der Waals surface area contributed by atoms with Crippen LogP contribution >= 0.6 is 0 Å². The van der Waals surface area contributed by atoms with E-state index in [1.165, 1.54) is 0 Å². The molecular weight excluding hydrogens is 570 g/mol. The normalized spacial score (nSPS) is 12.1. The Bertz CT molecular complexity index is 1970. The van der Waals surface area contributed by atoms with E-state index in [0.717, 1.165) is 39.4 Å². The van der Waals surface area contributed by atoms with Gasteiger partial charge in [-0.1, -0.05) is 26.0 Å². The van der Waals surface area contributed by atoms with E-state index in [9.17, 15) is 9.59 Å². The molecule has 3 heterocycles. The Labute approximate surface area is 260 Å². The zero-order valence-corrected chi connectivity index (χ0v) is 25.7. The molecule has 1 atom stereocenters. The summed E-state index contributed by atoms with van der Waals surface area (Å²) >= 11 is 0. The summed E-state index contributed by atoms with van der Waals surface area (Å²) in [7, 11) is 1.94. The number of nitrogens with zero attached hydrogens (tertiary/aromatic N) is 5. The Hall–Kier alpha value is -5.45. The van der Waals surface area contributed by atoms with Crippen molar-refractivity contribution < 1.29 is 19.1 Å². The van der Waals surface area contributed by atoms with Gasteiger partial charge >= 0.3 is 5.97 Å². The second-order valence-corrected chi connectivity index (χ2v) is 11.3. The first kappa shape index (κ1) is 29.6. The number of hydrogen-bond donors (Lipinski definition) is 2. The van der Waals surface area contributed by atoms with E-state index in [0.29, 0.717) is 23.5 Å². The second-order valence-electron chi connectivity index (χ2n) is 11.3. The maximum Gasteiger partial charge on any atom is 0.341 e. The average molecular weight is 606 g/mol. The molecule has 1 unspecified atom stereocenters. The molecule has 6 rings (SSSR count). The summed E-state index contributed by atoms with van der Waals surface area (Å²) in [4.78, 5) is 42.8. The SMILES string of the molecule is CC(C)COC(=O)c1ccccc1OCCNC(=O)c1ccc2nc(C(C)c3nc4ccc(-n5ccnc5)cc4[nH]3)n(C)c2c1. The molecule has 230 valence electrons. The molecule has 0 aliphatic carbocycles. The Morgan fingerprint density at radius 1 is 1.00 bits per heavy atom. The fourth-order valence-corrected chi connectivity index (χ4v) is 5.16. The summed E-state index contributed by atoms with van der Waals surface area (Å²) in [5.74, 6) is 1.51. The van der Waals surface area contributed by atoms with Gasteiger partial charge in [0.25, 0.3) is 5.91 Å². The number of ether oxygens (including phenoxy) is 2. The van der Waals surface area contributed by atoms with Crippen LogP contribution in [0.15, 0.2) is 79.4 Å². The van der Waals surface area contributed by atoms with Crippen LogP contribution in [0.25, 0.3) is 27.8 Å². The van der Waals surface area contributed by atoms with Gasteiger partial charge in [0.1, 0.15) is 29.6 Å². The van der Waals surface area contributed by atoms with E-state index in [2.05, 4.69) is 22.2 Å². The highest BCUT2D eigenvalue weighted by molar-refractivity contribution is 5.97. The number of aryl methyl sites for hydroxylation is 1. The van der Waals surface area contributed by atoms with Crippen LogP contribution in [0.3, 0.4) is 0 Å². The number of para-hydroxylation sites is 1. The number of benzene rings is 3. The summed E-state index contributed by atoms with van der Waals surface area (Å²) in [6.07, 6.45) is 5.41. The molecule has 1 amide bonds. The number of aromatic nitrogens is 6. The van der Waals surface area contributed by atoms with Gasteiger partial charge in [0, 0.05) is 30.7 Å². The lowest BCUT2D eigenvalue weighted by atomic mass is 10.1. The lowest BCUT2D eigenvalue weighted by molar-refractivity contribution is 0.0454. The van der Waals surface area contributed by atoms with Crippen LogP contribution in [0.2, 0.25) is 0 Å². The Morgan fingerprint density at radius 2 is 1.82 bits per heavy atom. The van der Waals surface area contributed by atoms with E-state index in [1.807, 2.05) is 66.6 Å². The maximum absolute atomic E-state index is 13.0. The fraction of sp³-hybridized carbons (Fsp3) is 0.265. The number of rotatable bonds is 11. The minimum absolute atomic E-state index is 0.119. The molecule has 11 nitrogen and oxygen atoms in total. The number of nitrogens with one attached hydrogen (secondary N) is 2. The molecule has 0 saturated carbocycles. The van der Waals surface area contributed by atoms with Gasteiger partial charge in [-0.2, -0.15) is 0 Å². The van der Waals surface area contributed by atoms with Gasteiger partial charge in [0.05, 0.1) is 47.5 Å². The number of esters is 1. The van der Waals surface area contributed by atoms with Gasteiger partial charge in [-0.3, -0.25) is 4.79 Å². The standard InChI is InChI=1S/C34H35N7O4/c1-21(2)19-45-34(43)25-7-5-6-8-30(25)44-16-14-36-33(42)23-9-11-27-29(17-23)40(4)32(39-27)22(3)31-37-26-12-10-24(18-28(26)38-31)41-15-13-35-20-41/h5-13,15,17-18,20-22H,14,16,19H2,1-4H3,(H,36,42)(H,37,38). The van der Waals surface area contributed by atoms with Crippen molar-refractivity contribution in [2.75, 3.05) is 19.8 Å². The van der Waals surface area contributed by atoms with Gasteiger partial charge in [-0.15, -0.1) is 0 Å². The number of imidazole rings is 3. The predicted octanol–water partition coefficient (Wildman–Crippen LogP) is 5.41. The van der Waals surface area contributed by atoms with E-state index in [-0.39, 0.29) is 30.9 Å². The Kier molecular flexibility index (Phi) is 8.33. The van der Waals surface area contributed by atoms with E-state index < -0.39 is 5.97 Å². The highest BCUT2D eigenvalue weighted by Gasteiger charge is 2.21. The first-order chi connectivity index (χ1) is 21.8. The lowest BCUT2D eigenvalue weighted by Crippen LogP contribution is -2.28. The first-order valence-electron chi connectivity index (χ1n) is 14.9. The molecule has 3 aromatic heterocycles. The fourth-order valence-electron chi connectivity index (χ4n) is 5.16. The highest BCUT2D eigenvalue weighted by atomic mass is 16.5. The van der Waals surface area contributed by atoms with Crippen LogP contribution in [0.4, 0.5) is 0 Å². The van der Waals surface area contributed by atoms with Crippen molar-refractivity contribution in [1.29, 1.82) is 0 Å². The summed E-state index contributed by atoms with van der Waals surface area (Å²) in [5.41, 5.74) is 5.30. The third kappa shape index (κ3) is 6.28. The average Bonchev–Trinajstić information content (AvgIpc) is 3.80. The summed E-state index contributed by atoms with van der Waals surface area (Å²) in [6.45, 7) is 6.80. The van der Waals surface area contributed by atoms with Gasteiger partial charge in [0.15, 0.2) is 0 Å². The molecule has 45 heavy (non-hydrogen) atoms. The van der Waals surface area contributed by atoms with Crippen molar-refractivity contribution in [1.82, 2.24) is 34.4 Å². The number of carbonyl (C=O) groups excluding carboxylic acids is 2. The molecule has 11 heteroatoms. The number of aromatic amines is 1. The van der Waals surface area contributed by atoms with Crippen molar-refractivity contribution in [3.05, 3.63) is 102 Å². The molecule has 0 saturated heterocycles. The molecule has 0 bridgehead atoms. The topological polar surface area (TPSA) is 129 Å². The van der Waals surface area contributed by atoms with Crippen LogP contribution < -0.4 is 10.1 Å². The monoisotopic (exact) mass is 605 g/mol. The van der Waals surface area contributed by atoms with Crippen molar-refractivity contribution >= 4 is 33.9 Å². The van der Waals surface area contributed by atoms with Crippen molar-refractivity contribution in [3.63, 3.8) is 0 Å². The predicted molar refractivity (Wildman–Crippen MR) is 171 cm³/mol. The van der Waals surface area contributed by atoms with Gasteiger partial charge in [-0.25, -0.2) is 19.7 Å². The van der Waals surface area contributed by atoms with Crippen LogP contribution in [0, 0.1) is 5.92 Å². The largest absolute Gasteiger partial charge is 0.491 e. The number of hydrogen-bond acceptors (Lipinski definition) is 7. The molecule has 3 aromatic carbocycles. The van der Waals surface area contributed by atoms with E-state index in [1.54, 1.807) is 42.9 Å². The summed E-state index contributed by atoms with van der Waals surface area (Å²) < 4.78 is 15.1. The summed E-state index contributed by atoms with van der Waals surface area (Å²) in [5, 5.41) is 2.90. The molecular formula is C34H35N7O4. The lowest BCUT2D eigenvalue weighted by Gasteiger charge is -2.12. The van der Waals surface area contributed by atoms with Crippen molar-refractivity contribution in [2.45, 2.75) is 26.7 Å². The van der Waals surface area contributed by atoms with Crippen LogP contribution in [0.1, 0.15) is 59.1 Å². The molecule has 0 fully saturated rings. The third-order valence-corrected chi connectivity index (χ3v) is 7.56. The Balaban J connectivity index is 1.11. The number of carbonyl (C=O) groups is 2. The number of amides is 1. The smallest absolute Gasteiger partial charge is 0.341 e. The van der Waals surface area contributed by atoms with Gasteiger partial charge in [-0.05, 0) is 61.4 Å². The first-order valence-corrected chi connectivity index (χ1v) is 14.9. The molecule has 6 aromatic rings. The quantitative estimate of drug-likeness (QED) is 0.149. The van der Waals surface area contributed by atoms with Crippen LogP contribution in [0.5, 0.6) is 5.75 Å². The molecule has 0 aliphatic heterocycles. The minimum atomic E-state index is -0.429. The maximum atomic E-state index is 13.0. The van der Waals surface area contributed by atoms with E-state index in [4.69, 9.17) is 19.4 Å². The highest BCUT2D eigenvalue weighted by Crippen LogP contribution is 2.28. The van der Waals surface area contributed by atoms with Gasteiger partial charge < -0.3 is 28.9 Å². The number of fused-ring (bicyclic) bond motifs is 2. The Morgan fingerprint density at radius 3 is 2.62 bits per heavy atom. The van der Waals surface area contributed by atoms with E-state index >= 15 is 0 Å². The second kappa shape index (κ2) is 12.7. The third-order valence-electron chi connectivity index (χ3n) is 7.56. The number of H-pyrrole nitrogens is 1.